The summed E-state index contributed by atoms with van der Waals surface area (Å²) in [5, 5.41) is 2.66. The third-order valence-electron chi connectivity index (χ3n) is 5.03. The molecule has 0 aliphatic rings. The van der Waals surface area contributed by atoms with Gasteiger partial charge in [-0.3, -0.25) is 21.0 Å². The highest BCUT2D eigenvalue weighted by molar-refractivity contribution is 6.06. The Kier molecular flexibility index (Phi) is 5.77. The Bertz CT molecular complexity index is 1010. The van der Waals surface area contributed by atoms with Crippen molar-refractivity contribution in [3.63, 3.8) is 0 Å². The van der Waals surface area contributed by atoms with Gasteiger partial charge in [0, 0.05) is 24.2 Å². The number of nitrogens with one attached hydrogen (secondary N) is 1. The number of rotatable bonds is 7. The third-order valence-corrected chi connectivity index (χ3v) is 5.03. The zero-order valence-electron chi connectivity index (χ0n) is 16.5. The lowest BCUT2D eigenvalue weighted by Gasteiger charge is -2.18. The number of nitrogens with two attached hydrogens (primary N) is 1. The minimum Gasteiger partial charge on any atom is -0.493 e. The van der Waals surface area contributed by atoms with Crippen LogP contribution in [0.25, 0.3) is 21.7 Å². The standard InChI is InChI=1S/C21H28N4O2/c1-5-25-20-15(4)23-9-8-18(20)17-7-6-16(11-19(17)21(25)26)27-12-13(2)10-14(3)24-22/h6-9,11,13-14,24H,5,10,12,22H2,1-4H3. The van der Waals surface area contributed by atoms with Crippen LogP contribution in [0.15, 0.2) is 35.3 Å². The maximum absolute atomic E-state index is 13.1. The van der Waals surface area contributed by atoms with Crippen LogP contribution >= 0.6 is 0 Å². The molecule has 1 aromatic carbocycles. The van der Waals surface area contributed by atoms with Gasteiger partial charge in [-0.1, -0.05) is 6.92 Å². The molecule has 0 spiro atoms. The van der Waals surface area contributed by atoms with Crippen LogP contribution in [0, 0.1) is 12.8 Å². The fraction of sp³-hybridized carbons (Fsp3) is 0.429. The maximum atomic E-state index is 13.1. The van der Waals surface area contributed by atoms with Crippen LogP contribution in [0.4, 0.5) is 0 Å². The first kappa shape index (κ1) is 19.3. The number of hydrazine groups is 1. The molecule has 0 radical (unpaired) electrons. The number of hydrogen-bond donors (Lipinski definition) is 2. The third kappa shape index (κ3) is 3.82. The van der Waals surface area contributed by atoms with E-state index >= 15 is 0 Å². The fourth-order valence-electron chi connectivity index (χ4n) is 3.67. The van der Waals surface area contributed by atoms with E-state index in [0.29, 0.717) is 30.2 Å². The predicted octanol–water partition coefficient (Wildman–Crippen LogP) is 3.13. The van der Waals surface area contributed by atoms with Crippen LogP contribution in [0.1, 0.15) is 32.9 Å². The molecule has 3 N–H and O–H groups in total. The van der Waals surface area contributed by atoms with Crippen molar-refractivity contribution in [1.82, 2.24) is 15.0 Å². The number of nitrogens with zero attached hydrogens (tertiary/aromatic N) is 2. The number of aryl methyl sites for hydroxylation is 2. The van der Waals surface area contributed by atoms with Gasteiger partial charge in [-0.25, -0.2) is 0 Å². The summed E-state index contributed by atoms with van der Waals surface area (Å²) in [5.74, 6) is 6.52. The van der Waals surface area contributed by atoms with Crippen LogP contribution in [-0.4, -0.2) is 22.2 Å². The van der Waals surface area contributed by atoms with Crippen LogP contribution in [0.2, 0.25) is 0 Å². The Hall–Kier alpha value is -2.44. The molecular weight excluding hydrogens is 340 g/mol. The summed E-state index contributed by atoms with van der Waals surface area (Å²) in [6, 6.07) is 7.98. The van der Waals surface area contributed by atoms with Crippen LogP contribution < -0.4 is 21.6 Å². The lowest BCUT2D eigenvalue weighted by Crippen LogP contribution is -2.34. The molecular formula is C21H28N4O2. The molecule has 27 heavy (non-hydrogen) atoms. The quantitative estimate of drug-likeness (QED) is 0.380. The Morgan fingerprint density at radius 1 is 1.22 bits per heavy atom. The topological polar surface area (TPSA) is 82.2 Å². The average molecular weight is 368 g/mol. The first-order chi connectivity index (χ1) is 13.0. The van der Waals surface area contributed by atoms with Crippen LogP contribution in [0.3, 0.4) is 0 Å². The van der Waals surface area contributed by atoms with E-state index < -0.39 is 0 Å². The highest BCUT2D eigenvalue weighted by atomic mass is 16.5. The zero-order chi connectivity index (χ0) is 19.6. The van der Waals surface area contributed by atoms with E-state index in [4.69, 9.17) is 10.6 Å². The molecule has 3 rings (SSSR count). The average Bonchev–Trinajstić information content (AvgIpc) is 2.67. The van der Waals surface area contributed by atoms with Gasteiger partial charge in [0.15, 0.2) is 0 Å². The number of pyridine rings is 2. The van der Waals surface area contributed by atoms with Gasteiger partial charge < -0.3 is 9.30 Å². The minimum atomic E-state index is -0.00412. The summed E-state index contributed by atoms with van der Waals surface area (Å²) in [5.41, 5.74) is 4.52. The molecule has 0 amide bonds. The molecule has 2 heterocycles. The maximum Gasteiger partial charge on any atom is 0.259 e. The highest BCUT2D eigenvalue weighted by Gasteiger charge is 2.14. The van der Waals surface area contributed by atoms with Gasteiger partial charge in [0.1, 0.15) is 5.75 Å². The molecule has 0 bridgehead atoms. The van der Waals surface area contributed by atoms with E-state index in [1.54, 1.807) is 10.8 Å². The van der Waals surface area contributed by atoms with Crippen molar-refractivity contribution >= 4 is 21.7 Å². The first-order valence-electron chi connectivity index (χ1n) is 9.47. The molecule has 0 saturated carbocycles. The van der Waals surface area contributed by atoms with Crippen molar-refractivity contribution in [2.45, 2.75) is 46.7 Å². The highest BCUT2D eigenvalue weighted by Crippen LogP contribution is 2.27. The van der Waals surface area contributed by atoms with Gasteiger partial charge in [0.2, 0.25) is 0 Å². The van der Waals surface area contributed by atoms with E-state index in [2.05, 4.69) is 17.3 Å². The molecule has 0 fully saturated rings. The number of fused-ring (bicyclic) bond motifs is 3. The molecule has 0 aliphatic heterocycles. The Morgan fingerprint density at radius 2 is 2.00 bits per heavy atom. The molecule has 6 nitrogen and oxygen atoms in total. The molecule has 0 aliphatic carbocycles. The minimum absolute atomic E-state index is 0.00412. The number of aromatic nitrogens is 2. The number of benzene rings is 1. The van der Waals surface area contributed by atoms with Crippen molar-refractivity contribution in [3.05, 3.63) is 46.5 Å². The molecule has 6 heteroatoms. The Labute approximate surface area is 159 Å². The van der Waals surface area contributed by atoms with Crippen LogP contribution in [-0.2, 0) is 6.54 Å². The Morgan fingerprint density at radius 3 is 2.70 bits per heavy atom. The van der Waals surface area contributed by atoms with Gasteiger partial charge in [-0.05, 0) is 62.8 Å². The number of ether oxygens (including phenoxy) is 1. The van der Waals surface area contributed by atoms with Gasteiger partial charge in [-0.15, -0.1) is 0 Å². The summed E-state index contributed by atoms with van der Waals surface area (Å²) < 4.78 is 7.75. The van der Waals surface area contributed by atoms with Crippen molar-refractivity contribution < 1.29 is 4.74 Å². The second-order valence-electron chi connectivity index (χ2n) is 7.27. The molecule has 3 aromatic rings. The SMILES string of the molecule is CCn1c(=O)c2cc(OCC(C)CC(C)NN)ccc2c2ccnc(C)c21. The summed E-state index contributed by atoms with van der Waals surface area (Å²) in [6.07, 6.45) is 2.71. The van der Waals surface area contributed by atoms with Crippen molar-refractivity contribution in [2.75, 3.05) is 6.61 Å². The van der Waals surface area contributed by atoms with Crippen molar-refractivity contribution in [3.8, 4) is 5.75 Å². The largest absolute Gasteiger partial charge is 0.493 e. The lowest BCUT2D eigenvalue weighted by molar-refractivity contribution is 0.241. The second-order valence-corrected chi connectivity index (χ2v) is 7.27. The predicted molar refractivity (Wildman–Crippen MR) is 110 cm³/mol. The lowest BCUT2D eigenvalue weighted by atomic mass is 10.0. The molecule has 144 valence electrons. The van der Waals surface area contributed by atoms with Crippen molar-refractivity contribution in [2.24, 2.45) is 11.8 Å². The zero-order valence-corrected chi connectivity index (χ0v) is 16.5. The van der Waals surface area contributed by atoms with Gasteiger partial charge in [0.25, 0.3) is 5.56 Å². The molecule has 2 atom stereocenters. The van der Waals surface area contributed by atoms with E-state index in [0.717, 1.165) is 28.4 Å². The van der Waals surface area contributed by atoms with Gasteiger partial charge in [0.05, 0.1) is 23.2 Å². The second kappa shape index (κ2) is 8.06. The summed E-state index contributed by atoms with van der Waals surface area (Å²) in [6.45, 7) is 9.27. The smallest absolute Gasteiger partial charge is 0.259 e. The van der Waals surface area contributed by atoms with E-state index in [1.807, 2.05) is 45.0 Å². The van der Waals surface area contributed by atoms with Crippen molar-refractivity contribution in [1.29, 1.82) is 0 Å². The molecule has 2 unspecified atom stereocenters. The van der Waals surface area contributed by atoms with E-state index in [9.17, 15) is 4.79 Å². The van der Waals surface area contributed by atoms with Gasteiger partial charge in [-0.2, -0.15) is 0 Å². The van der Waals surface area contributed by atoms with Gasteiger partial charge >= 0.3 is 0 Å². The Balaban J connectivity index is 1.99. The fourth-order valence-corrected chi connectivity index (χ4v) is 3.67. The normalized spacial score (nSPS) is 13.8. The first-order valence-corrected chi connectivity index (χ1v) is 9.47. The number of hydrogen-bond acceptors (Lipinski definition) is 5. The summed E-state index contributed by atoms with van der Waals surface area (Å²) in [7, 11) is 0. The summed E-state index contributed by atoms with van der Waals surface area (Å²) >= 11 is 0. The molecule has 0 saturated heterocycles. The van der Waals surface area contributed by atoms with E-state index in [-0.39, 0.29) is 11.6 Å². The van der Waals surface area contributed by atoms with Crippen LogP contribution in [0.5, 0.6) is 5.75 Å². The monoisotopic (exact) mass is 368 g/mol. The molecule has 2 aromatic heterocycles. The summed E-state index contributed by atoms with van der Waals surface area (Å²) in [4.78, 5) is 17.4. The van der Waals surface area contributed by atoms with E-state index in [1.165, 1.54) is 0 Å².